The number of unbranched alkanes of at least 4 members (excludes halogenated alkanes) is 22. The number of phosphoric acid groups is 1. The summed E-state index contributed by atoms with van der Waals surface area (Å²) in [7, 11) is 1.23. The number of allylic oxidation sites excluding steroid dienone is 17. The zero-order valence-electron chi connectivity index (χ0n) is 46.4. The monoisotopic (exact) mass is 1010 g/mol. The van der Waals surface area contributed by atoms with Crippen molar-refractivity contribution in [3.63, 3.8) is 0 Å². The lowest BCUT2D eigenvalue weighted by molar-refractivity contribution is -0.870. The molecule has 9 heteroatoms. The van der Waals surface area contributed by atoms with Crippen molar-refractivity contribution in [3.05, 3.63) is 109 Å². The van der Waals surface area contributed by atoms with Gasteiger partial charge in [0.25, 0.3) is 7.82 Å². The van der Waals surface area contributed by atoms with Crippen LogP contribution in [0.15, 0.2) is 109 Å². The molecule has 0 fully saturated rings. The maximum Gasteiger partial charge on any atom is 0.268 e. The third-order valence-corrected chi connectivity index (χ3v) is 13.2. The van der Waals surface area contributed by atoms with E-state index in [-0.39, 0.29) is 12.5 Å². The third kappa shape index (κ3) is 54.8. The van der Waals surface area contributed by atoms with Crippen molar-refractivity contribution in [1.82, 2.24) is 5.32 Å². The van der Waals surface area contributed by atoms with Crippen LogP contribution >= 0.6 is 7.82 Å². The minimum Gasteiger partial charge on any atom is -0.756 e. The number of aliphatic hydroxyl groups is 1. The van der Waals surface area contributed by atoms with Crippen molar-refractivity contribution in [2.45, 2.75) is 238 Å². The van der Waals surface area contributed by atoms with Gasteiger partial charge in [0.2, 0.25) is 5.91 Å². The molecule has 0 radical (unpaired) electrons. The molecule has 0 aromatic rings. The van der Waals surface area contributed by atoms with Crippen LogP contribution in [0.1, 0.15) is 226 Å². The number of aliphatic hydroxyl groups excluding tert-OH is 1. The maximum absolute atomic E-state index is 12.9. The summed E-state index contributed by atoms with van der Waals surface area (Å²) >= 11 is 0. The van der Waals surface area contributed by atoms with Crippen LogP contribution in [0.5, 0.6) is 0 Å². The molecule has 0 aliphatic carbocycles. The number of rotatable bonds is 51. The SMILES string of the molecule is CC/C=C\C/C=C\C/C=C\C/C=C\C/C=C\C/C=C\C/C=C\CCCCCCCCCCCCCCCCCCCCCC(=O)NC(COP(=O)([O-])OCC[N+](C)(C)C)C(O)/C=C/CC/C=C/CCCC. The van der Waals surface area contributed by atoms with Crippen LogP contribution in [0.25, 0.3) is 0 Å². The van der Waals surface area contributed by atoms with Crippen molar-refractivity contribution in [1.29, 1.82) is 0 Å². The Kier molecular flexibility index (Phi) is 50.0. The number of hydrogen-bond donors (Lipinski definition) is 2. The number of quaternary nitrogens is 1. The first kappa shape index (κ1) is 68.2. The van der Waals surface area contributed by atoms with Gasteiger partial charge in [-0.15, -0.1) is 0 Å². The average Bonchev–Trinajstić information content (AvgIpc) is 3.33. The fourth-order valence-corrected chi connectivity index (χ4v) is 8.45. The Morgan fingerprint density at radius 3 is 1.31 bits per heavy atom. The lowest BCUT2D eigenvalue weighted by Gasteiger charge is -2.29. The third-order valence-electron chi connectivity index (χ3n) is 12.2. The molecule has 1 amide bonds. The highest BCUT2D eigenvalue weighted by atomic mass is 31.2. The summed E-state index contributed by atoms with van der Waals surface area (Å²) in [5.41, 5.74) is 0. The fourth-order valence-electron chi connectivity index (χ4n) is 7.72. The molecule has 0 saturated carbocycles. The number of likely N-dealkylation sites (N-methyl/N-ethyl adjacent to an activating group) is 1. The molecule has 0 spiro atoms. The maximum atomic E-state index is 12.9. The van der Waals surface area contributed by atoms with Crippen LogP contribution in [0.2, 0.25) is 0 Å². The quantitative estimate of drug-likeness (QED) is 0.0272. The lowest BCUT2D eigenvalue weighted by Crippen LogP contribution is -2.45. The second kappa shape index (κ2) is 52.0. The minimum absolute atomic E-state index is 0.00945. The zero-order chi connectivity index (χ0) is 52.0. The Morgan fingerprint density at radius 1 is 0.507 bits per heavy atom. The van der Waals surface area contributed by atoms with Gasteiger partial charge in [-0.1, -0.05) is 245 Å². The average molecular weight is 1010 g/mol. The number of nitrogens with one attached hydrogen (secondary N) is 1. The number of hydrogen-bond acceptors (Lipinski definition) is 6. The largest absolute Gasteiger partial charge is 0.756 e. The van der Waals surface area contributed by atoms with E-state index in [1.807, 2.05) is 27.2 Å². The summed E-state index contributed by atoms with van der Waals surface area (Å²) in [6.07, 6.45) is 76.5. The Labute approximate surface area is 438 Å². The van der Waals surface area contributed by atoms with Crippen molar-refractivity contribution in [2.24, 2.45) is 0 Å². The van der Waals surface area contributed by atoms with E-state index in [4.69, 9.17) is 9.05 Å². The molecule has 71 heavy (non-hydrogen) atoms. The van der Waals surface area contributed by atoms with Crippen molar-refractivity contribution in [3.8, 4) is 0 Å². The molecule has 0 rings (SSSR count). The standard InChI is InChI=1S/C62H109N2O6P/c1-6-8-10-12-14-16-17-18-19-20-21-22-23-24-25-26-27-28-29-30-31-32-33-34-35-36-37-38-39-40-41-42-43-44-45-46-47-48-50-52-54-56-62(66)63-60(59-70-71(67,68)69-58-57-64(3,4)5)61(65)55-53-51-49-15-13-11-9-7-2/h8,10,13-16,18-19,21-22,24-25,27-28,30-31,53,55,60-61,65H,6-7,9,11-12,17,20,23,26,29,32-52,54,56-59H2,1-5H3,(H-,63,66,67,68)/b10-8-,15-13+,16-14-,19-18-,22-21-,25-24-,28-27-,31-30-,55-53+. The lowest BCUT2D eigenvalue weighted by atomic mass is 10.0. The first-order chi connectivity index (χ1) is 34.5. The number of amides is 1. The van der Waals surface area contributed by atoms with E-state index in [2.05, 4.69) is 116 Å². The van der Waals surface area contributed by atoms with Crippen LogP contribution < -0.4 is 10.2 Å². The molecule has 0 bridgehead atoms. The van der Waals surface area contributed by atoms with Gasteiger partial charge in [0.15, 0.2) is 0 Å². The summed E-state index contributed by atoms with van der Waals surface area (Å²) in [6.45, 7) is 4.42. The highest BCUT2D eigenvalue weighted by Crippen LogP contribution is 2.38. The van der Waals surface area contributed by atoms with E-state index in [9.17, 15) is 19.4 Å². The Balaban J connectivity index is 3.85. The second-order valence-corrected chi connectivity index (χ2v) is 21.7. The molecule has 0 saturated heterocycles. The number of phosphoric ester groups is 1. The van der Waals surface area contributed by atoms with Gasteiger partial charge < -0.3 is 28.8 Å². The molecule has 0 aromatic carbocycles. The van der Waals surface area contributed by atoms with Crippen molar-refractivity contribution >= 4 is 13.7 Å². The normalized spacial score (nSPS) is 14.7. The molecule has 3 atom stereocenters. The molecular formula is C62H109N2O6P. The van der Waals surface area contributed by atoms with E-state index in [0.29, 0.717) is 17.4 Å². The van der Waals surface area contributed by atoms with Gasteiger partial charge in [-0.25, -0.2) is 0 Å². The molecule has 0 aliphatic rings. The number of carbonyl (C=O) groups is 1. The predicted molar refractivity (Wildman–Crippen MR) is 306 cm³/mol. The molecule has 8 nitrogen and oxygen atoms in total. The second-order valence-electron chi connectivity index (χ2n) is 20.3. The van der Waals surface area contributed by atoms with Crippen molar-refractivity contribution < 1.29 is 32.9 Å². The number of nitrogens with zero attached hydrogens (tertiary/aromatic N) is 1. The van der Waals surface area contributed by atoms with Gasteiger partial charge in [-0.05, 0) is 83.5 Å². The van der Waals surface area contributed by atoms with Crippen LogP contribution in [-0.4, -0.2) is 68.5 Å². The summed E-state index contributed by atoms with van der Waals surface area (Å²) in [5, 5.41) is 13.7. The summed E-state index contributed by atoms with van der Waals surface area (Å²) in [5.74, 6) is -0.213. The van der Waals surface area contributed by atoms with Crippen LogP contribution in [0, 0.1) is 0 Å². The Morgan fingerprint density at radius 2 is 0.873 bits per heavy atom. The summed E-state index contributed by atoms with van der Waals surface area (Å²) in [4.78, 5) is 25.3. The van der Waals surface area contributed by atoms with Gasteiger partial charge in [0, 0.05) is 6.42 Å². The van der Waals surface area contributed by atoms with Crippen LogP contribution in [0.3, 0.4) is 0 Å². The molecule has 0 heterocycles. The first-order valence-corrected chi connectivity index (χ1v) is 30.2. The zero-order valence-corrected chi connectivity index (χ0v) is 47.3. The highest BCUT2D eigenvalue weighted by molar-refractivity contribution is 7.45. The van der Waals surface area contributed by atoms with E-state index < -0.39 is 26.6 Å². The van der Waals surface area contributed by atoms with Crippen LogP contribution in [-0.2, 0) is 18.4 Å². The molecule has 0 aromatic heterocycles. The number of carbonyl (C=O) groups excluding carboxylic acids is 1. The minimum atomic E-state index is -4.60. The molecular weight excluding hydrogens is 900 g/mol. The topological polar surface area (TPSA) is 108 Å². The fraction of sp³-hybridized carbons (Fsp3) is 0.694. The predicted octanol–water partition coefficient (Wildman–Crippen LogP) is 17.0. The highest BCUT2D eigenvalue weighted by Gasteiger charge is 2.23. The molecule has 0 aliphatic heterocycles. The van der Waals surface area contributed by atoms with Gasteiger partial charge in [0.05, 0.1) is 39.9 Å². The van der Waals surface area contributed by atoms with Gasteiger partial charge in [-0.2, -0.15) is 0 Å². The van der Waals surface area contributed by atoms with E-state index >= 15 is 0 Å². The van der Waals surface area contributed by atoms with Crippen molar-refractivity contribution in [2.75, 3.05) is 40.9 Å². The van der Waals surface area contributed by atoms with Gasteiger partial charge >= 0.3 is 0 Å². The van der Waals surface area contributed by atoms with E-state index in [0.717, 1.165) is 83.5 Å². The molecule has 408 valence electrons. The van der Waals surface area contributed by atoms with Gasteiger partial charge in [0.1, 0.15) is 13.2 Å². The Bertz CT molecular complexity index is 1520. The smallest absolute Gasteiger partial charge is 0.268 e. The van der Waals surface area contributed by atoms with Crippen LogP contribution in [0.4, 0.5) is 0 Å². The summed E-state index contributed by atoms with van der Waals surface area (Å²) < 4.78 is 23.1. The summed E-state index contributed by atoms with van der Waals surface area (Å²) in [6, 6.07) is -0.904. The van der Waals surface area contributed by atoms with E-state index in [1.165, 1.54) is 122 Å². The molecule has 3 unspecified atom stereocenters. The van der Waals surface area contributed by atoms with E-state index in [1.54, 1.807) is 6.08 Å². The first-order valence-electron chi connectivity index (χ1n) is 28.7. The van der Waals surface area contributed by atoms with Gasteiger partial charge in [-0.3, -0.25) is 9.36 Å². The molecule has 2 N–H and O–H groups in total. The Hall–Kier alpha value is -2.84.